The van der Waals surface area contributed by atoms with E-state index in [-0.39, 0.29) is 5.63 Å². The van der Waals surface area contributed by atoms with E-state index < -0.39 is 0 Å². The van der Waals surface area contributed by atoms with Crippen LogP contribution < -0.4 is 5.63 Å². The Morgan fingerprint density at radius 1 is 0.800 bits per heavy atom. The molecule has 2 heteroatoms. The lowest BCUT2D eigenvalue weighted by Crippen LogP contribution is -1.93. The second-order valence-electron chi connectivity index (χ2n) is 3.49. The lowest BCUT2D eigenvalue weighted by Gasteiger charge is -1.99. The van der Waals surface area contributed by atoms with Crippen LogP contribution in [0.1, 0.15) is 0 Å². The Balaban J connectivity index is 2.53. The summed E-state index contributed by atoms with van der Waals surface area (Å²) in [6.07, 6.45) is 0. The summed E-state index contributed by atoms with van der Waals surface area (Å²) in [5.41, 5.74) is 0.332. The fraction of sp³-hybridized carbons (Fsp3) is 0. The predicted molar refractivity (Wildman–Crippen MR) is 60.0 cm³/mol. The van der Waals surface area contributed by atoms with Gasteiger partial charge in [0, 0.05) is 11.5 Å². The van der Waals surface area contributed by atoms with Crippen molar-refractivity contribution in [2.75, 3.05) is 0 Å². The molecular weight excluding hydrogens is 188 g/mol. The van der Waals surface area contributed by atoms with Crippen molar-refractivity contribution in [3.63, 3.8) is 0 Å². The van der Waals surface area contributed by atoms with Gasteiger partial charge >= 0.3 is 5.63 Å². The van der Waals surface area contributed by atoms with Crippen LogP contribution in [0.5, 0.6) is 0 Å². The van der Waals surface area contributed by atoms with Crippen molar-refractivity contribution in [3.8, 4) is 0 Å². The molecule has 3 rings (SSSR count). The van der Waals surface area contributed by atoms with E-state index in [9.17, 15) is 4.79 Å². The Morgan fingerprint density at radius 2 is 1.53 bits per heavy atom. The monoisotopic (exact) mass is 196 g/mol. The van der Waals surface area contributed by atoms with E-state index >= 15 is 0 Å². The summed E-state index contributed by atoms with van der Waals surface area (Å²) in [5.74, 6) is 0. The second-order valence-corrected chi connectivity index (χ2v) is 3.49. The van der Waals surface area contributed by atoms with Gasteiger partial charge in [0.1, 0.15) is 5.58 Å². The molecular formula is C13H8O2. The highest BCUT2D eigenvalue weighted by Gasteiger charge is 1.99. The van der Waals surface area contributed by atoms with Crippen LogP contribution in [0.4, 0.5) is 0 Å². The van der Waals surface area contributed by atoms with Crippen LogP contribution in [-0.4, -0.2) is 0 Å². The summed E-state index contributed by atoms with van der Waals surface area (Å²) < 4.78 is 5.11. The summed E-state index contributed by atoms with van der Waals surface area (Å²) in [6.45, 7) is 0. The zero-order chi connectivity index (χ0) is 10.3. The van der Waals surface area contributed by atoms with E-state index in [1.807, 2.05) is 36.4 Å². The average molecular weight is 196 g/mol. The van der Waals surface area contributed by atoms with Crippen molar-refractivity contribution in [2.45, 2.75) is 0 Å². The summed E-state index contributed by atoms with van der Waals surface area (Å²) >= 11 is 0. The van der Waals surface area contributed by atoms with Gasteiger partial charge in [-0.05, 0) is 29.0 Å². The summed E-state index contributed by atoms with van der Waals surface area (Å²) in [7, 11) is 0. The summed E-state index contributed by atoms with van der Waals surface area (Å²) in [4.78, 5) is 11.1. The van der Waals surface area contributed by atoms with Gasteiger partial charge in [0.2, 0.25) is 0 Å². The van der Waals surface area contributed by atoms with Gasteiger partial charge in [-0.3, -0.25) is 0 Å². The Hall–Kier alpha value is -2.09. The number of fused-ring (bicyclic) bond motifs is 2. The molecule has 3 aromatic rings. The lowest BCUT2D eigenvalue weighted by molar-refractivity contribution is 0.561. The van der Waals surface area contributed by atoms with Gasteiger partial charge < -0.3 is 4.42 Å². The molecule has 0 radical (unpaired) electrons. The van der Waals surface area contributed by atoms with Crippen LogP contribution in [0, 0.1) is 0 Å². The average Bonchev–Trinajstić information content (AvgIpc) is 2.26. The fourth-order valence-corrected chi connectivity index (χ4v) is 1.76. The molecule has 0 saturated carbocycles. The molecule has 0 N–H and O–H groups in total. The van der Waals surface area contributed by atoms with Crippen molar-refractivity contribution in [1.29, 1.82) is 0 Å². The summed E-state index contributed by atoms with van der Waals surface area (Å²) in [6, 6.07) is 15.1. The van der Waals surface area contributed by atoms with Gasteiger partial charge in [-0.25, -0.2) is 4.79 Å². The third-order valence-electron chi connectivity index (χ3n) is 2.49. The number of benzene rings is 2. The Bertz CT molecular complexity index is 695. The Morgan fingerprint density at radius 3 is 2.33 bits per heavy atom. The van der Waals surface area contributed by atoms with Gasteiger partial charge in [-0.1, -0.05) is 24.3 Å². The summed E-state index contributed by atoms with van der Waals surface area (Å²) in [5, 5.41) is 3.19. The van der Waals surface area contributed by atoms with Gasteiger partial charge in [0.05, 0.1) is 0 Å². The smallest absolute Gasteiger partial charge is 0.336 e. The zero-order valence-corrected chi connectivity index (χ0v) is 7.94. The maximum atomic E-state index is 11.1. The molecule has 2 aromatic carbocycles. The normalized spacial score (nSPS) is 10.9. The molecule has 0 unspecified atom stereocenters. The Labute approximate surface area is 85.8 Å². The van der Waals surface area contributed by atoms with Crippen molar-refractivity contribution < 1.29 is 4.42 Å². The van der Waals surface area contributed by atoms with Gasteiger partial charge in [0.15, 0.2) is 0 Å². The molecule has 0 amide bonds. The molecule has 0 saturated heterocycles. The van der Waals surface area contributed by atoms with E-state index in [4.69, 9.17) is 4.42 Å². The molecule has 2 nitrogen and oxygen atoms in total. The fourth-order valence-electron chi connectivity index (χ4n) is 1.76. The van der Waals surface area contributed by atoms with E-state index in [0.29, 0.717) is 5.58 Å². The highest BCUT2D eigenvalue weighted by atomic mass is 16.4. The molecule has 0 aliphatic heterocycles. The zero-order valence-electron chi connectivity index (χ0n) is 7.94. The third kappa shape index (κ3) is 1.31. The first-order valence-electron chi connectivity index (χ1n) is 4.76. The van der Waals surface area contributed by atoms with Gasteiger partial charge in [-0.2, -0.15) is 0 Å². The number of hydrogen-bond acceptors (Lipinski definition) is 2. The minimum atomic E-state index is -0.308. The topological polar surface area (TPSA) is 30.2 Å². The first-order valence-corrected chi connectivity index (χ1v) is 4.76. The molecule has 72 valence electrons. The molecule has 0 spiro atoms. The maximum Gasteiger partial charge on any atom is 0.336 e. The molecule has 0 aliphatic rings. The van der Waals surface area contributed by atoms with Gasteiger partial charge in [0.25, 0.3) is 0 Å². The molecule has 15 heavy (non-hydrogen) atoms. The minimum absolute atomic E-state index is 0.308. The number of rotatable bonds is 0. The predicted octanol–water partition coefficient (Wildman–Crippen LogP) is 2.95. The molecule has 0 fully saturated rings. The first-order chi connectivity index (χ1) is 7.33. The maximum absolute atomic E-state index is 11.1. The SMILES string of the molecule is O=c1ccc2cc3ccccc3cc2o1. The minimum Gasteiger partial charge on any atom is -0.423 e. The van der Waals surface area contributed by atoms with Crippen molar-refractivity contribution in [2.24, 2.45) is 0 Å². The van der Waals surface area contributed by atoms with Crippen LogP contribution in [0.15, 0.2) is 57.7 Å². The second kappa shape index (κ2) is 2.95. The van der Waals surface area contributed by atoms with Crippen LogP contribution in [-0.2, 0) is 0 Å². The van der Waals surface area contributed by atoms with E-state index in [0.717, 1.165) is 16.2 Å². The standard InChI is InChI=1S/C13H8O2/c14-13-6-5-11-7-9-3-1-2-4-10(9)8-12(11)15-13/h1-8H. The highest BCUT2D eigenvalue weighted by Crippen LogP contribution is 2.21. The van der Waals surface area contributed by atoms with Crippen molar-refractivity contribution >= 4 is 21.7 Å². The van der Waals surface area contributed by atoms with E-state index in [2.05, 4.69) is 0 Å². The number of hydrogen-bond donors (Lipinski definition) is 0. The molecule has 1 heterocycles. The van der Waals surface area contributed by atoms with Crippen LogP contribution >= 0.6 is 0 Å². The van der Waals surface area contributed by atoms with Crippen molar-refractivity contribution in [1.82, 2.24) is 0 Å². The molecule has 1 aromatic heterocycles. The van der Waals surface area contributed by atoms with Crippen LogP contribution in [0.3, 0.4) is 0 Å². The van der Waals surface area contributed by atoms with Gasteiger partial charge in [-0.15, -0.1) is 0 Å². The van der Waals surface area contributed by atoms with E-state index in [1.165, 1.54) is 6.07 Å². The lowest BCUT2D eigenvalue weighted by atomic mass is 10.1. The molecule has 0 bridgehead atoms. The molecule has 0 aliphatic carbocycles. The first kappa shape index (κ1) is 8.24. The van der Waals surface area contributed by atoms with E-state index in [1.54, 1.807) is 6.07 Å². The quantitative estimate of drug-likeness (QED) is 0.408. The molecule has 0 atom stereocenters. The van der Waals surface area contributed by atoms with Crippen LogP contribution in [0.25, 0.3) is 21.7 Å². The highest BCUT2D eigenvalue weighted by molar-refractivity contribution is 5.95. The largest absolute Gasteiger partial charge is 0.423 e. The Kier molecular flexibility index (Phi) is 1.62. The van der Waals surface area contributed by atoms with Crippen molar-refractivity contribution in [3.05, 3.63) is 59.0 Å². The third-order valence-corrected chi connectivity index (χ3v) is 2.49. The van der Waals surface area contributed by atoms with Crippen LogP contribution in [0.2, 0.25) is 0 Å².